The molecule has 0 aliphatic rings. The summed E-state index contributed by atoms with van der Waals surface area (Å²) in [5, 5.41) is 5.08. The number of hydrogen-bond donors (Lipinski definition) is 1. The Balaban J connectivity index is 1.74. The molecule has 0 saturated carbocycles. The van der Waals surface area contributed by atoms with E-state index in [1.165, 1.54) is 12.1 Å². The largest absolute Gasteiger partial charge is 0.416 e. The van der Waals surface area contributed by atoms with Gasteiger partial charge in [-0.1, -0.05) is 18.2 Å². The average molecular weight is 335 g/mol. The Bertz CT molecular complexity index is 768. The summed E-state index contributed by atoms with van der Waals surface area (Å²) in [6, 6.07) is 8.93. The minimum atomic E-state index is -4.32. The summed E-state index contributed by atoms with van der Waals surface area (Å²) in [5.74, 6) is 0.606. The molecule has 0 bridgehead atoms. The Morgan fingerprint density at radius 2 is 1.74 bits per heavy atom. The van der Waals surface area contributed by atoms with Crippen molar-refractivity contribution >= 4 is 17.2 Å². The molecule has 0 aliphatic heterocycles. The summed E-state index contributed by atoms with van der Waals surface area (Å²) in [7, 11) is 0. The lowest BCUT2D eigenvalue weighted by Crippen LogP contribution is -2.06. The first-order valence-corrected chi connectivity index (χ1v) is 7.67. The van der Waals surface area contributed by atoms with Crippen LogP contribution in [0.25, 0.3) is 10.6 Å². The van der Waals surface area contributed by atoms with Gasteiger partial charge in [-0.25, -0.2) is 9.97 Å². The Morgan fingerprint density at radius 1 is 1.00 bits per heavy atom. The molecule has 23 heavy (non-hydrogen) atoms. The molecular weight excluding hydrogens is 323 g/mol. The molecule has 3 nitrogen and oxygen atoms in total. The van der Waals surface area contributed by atoms with Gasteiger partial charge in [-0.2, -0.15) is 13.2 Å². The third kappa shape index (κ3) is 3.68. The van der Waals surface area contributed by atoms with Gasteiger partial charge in [0.25, 0.3) is 0 Å². The summed E-state index contributed by atoms with van der Waals surface area (Å²) < 4.78 is 37.6. The zero-order valence-corrected chi connectivity index (χ0v) is 12.7. The van der Waals surface area contributed by atoms with Gasteiger partial charge in [0.15, 0.2) is 5.82 Å². The lowest BCUT2D eigenvalue weighted by Gasteiger charge is -2.10. The predicted molar refractivity (Wildman–Crippen MR) is 84.1 cm³/mol. The van der Waals surface area contributed by atoms with E-state index in [1.807, 2.05) is 17.5 Å². The van der Waals surface area contributed by atoms with E-state index in [1.54, 1.807) is 23.7 Å². The highest BCUT2D eigenvalue weighted by Gasteiger charge is 2.29. The van der Waals surface area contributed by atoms with E-state index in [4.69, 9.17) is 0 Å². The number of nitrogens with zero attached hydrogens (tertiary/aromatic N) is 2. The Kier molecular flexibility index (Phi) is 4.29. The van der Waals surface area contributed by atoms with E-state index >= 15 is 0 Å². The molecule has 3 rings (SSSR count). The molecule has 0 aliphatic carbocycles. The van der Waals surface area contributed by atoms with Crippen LogP contribution in [0.1, 0.15) is 11.1 Å². The molecule has 0 amide bonds. The summed E-state index contributed by atoms with van der Waals surface area (Å²) in [4.78, 5) is 9.56. The van der Waals surface area contributed by atoms with Crippen LogP contribution >= 0.6 is 11.3 Å². The fourth-order valence-corrected chi connectivity index (χ4v) is 2.78. The third-order valence-corrected chi connectivity index (χ3v) is 4.07. The lowest BCUT2D eigenvalue weighted by molar-refractivity contribution is -0.137. The zero-order valence-electron chi connectivity index (χ0n) is 11.8. The van der Waals surface area contributed by atoms with Crippen LogP contribution in [0.4, 0.5) is 19.0 Å². The number of rotatable bonds is 4. The van der Waals surface area contributed by atoms with Crippen molar-refractivity contribution < 1.29 is 13.2 Å². The zero-order chi connectivity index (χ0) is 16.3. The number of nitrogens with one attached hydrogen (secondary N) is 1. The molecule has 0 unspecified atom stereocenters. The Hall–Kier alpha value is -2.41. The van der Waals surface area contributed by atoms with Crippen LogP contribution in [0.15, 0.2) is 54.2 Å². The van der Waals surface area contributed by atoms with Gasteiger partial charge in [0, 0.05) is 18.9 Å². The number of benzene rings is 1. The minimum absolute atomic E-state index is 0.370. The van der Waals surface area contributed by atoms with E-state index < -0.39 is 11.7 Å². The molecule has 0 saturated heterocycles. The molecule has 0 spiro atoms. The van der Waals surface area contributed by atoms with Gasteiger partial charge in [-0.05, 0) is 29.1 Å². The van der Waals surface area contributed by atoms with E-state index in [0.717, 1.165) is 28.3 Å². The molecule has 118 valence electrons. The average Bonchev–Trinajstić information content (AvgIpc) is 3.07. The third-order valence-electron chi connectivity index (χ3n) is 3.19. The normalized spacial score (nSPS) is 11.4. The fourth-order valence-electron chi connectivity index (χ4n) is 2.06. The number of aromatic nitrogens is 2. The lowest BCUT2D eigenvalue weighted by atomic mass is 10.1. The predicted octanol–water partition coefficient (Wildman–Crippen LogP) is 4.84. The summed E-state index contributed by atoms with van der Waals surface area (Å²) in [5.41, 5.74) is 0.815. The van der Waals surface area contributed by atoms with Crippen molar-refractivity contribution in [2.24, 2.45) is 0 Å². The standard InChI is InChI=1S/C16H12F3N3S/c17-16(18,19)12-5-3-11(4-6-12)10-22-15-14(20-7-8-21-15)13-2-1-9-23-13/h1-9H,10H2,(H,21,22). The van der Waals surface area contributed by atoms with Crippen molar-refractivity contribution in [2.45, 2.75) is 12.7 Å². The molecule has 0 fully saturated rings. The van der Waals surface area contributed by atoms with Gasteiger partial charge < -0.3 is 5.32 Å². The Morgan fingerprint density at radius 3 is 2.39 bits per heavy atom. The molecule has 2 heterocycles. The number of thiophene rings is 1. The van der Waals surface area contributed by atoms with Crippen molar-refractivity contribution in [3.63, 3.8) is 0 Å². The molecule has 0 radical (unpaired) electrons. The van der Waals surface area contributed by atoms with Crippen LogP contribution in [0.5, 0.6) is 0 Å². The van der Waals surface area contributed by atoms with Crippen molar-refractivity contribution in [1.82, 2.24) is 9.97 Å². The van der Waals surface area contributed by atoms with Crippen molar-refractivity contribution in [3.05, 3.63) is 65.3 Å². The maximum Gasteiger partial charge on any atom is 0.416 e. The summed E-state index contributed by atoms with van der Waals surface area (Å²) in [6.07, 6.45) is -1.13. The molecule has 1 N–H and O–H groups in total. The van der Waals surface area contributed by atoms with Gasteiger partial charge in [-0.3, -0.25) is 0 Å². The van der Waals surface area contributed by atoms with E-state index in [9.17, 15) is 13.2 Å². The number of hydrogen-bond acceptors (Lipinski definition) is 4. The second-order valence-corrected chi connectivity index (χ2v) is 5.73. The smallest absolute Gasteiger partial charge is 0.364 e. The van der Waals surface area contributed by atoms with Crippen LogP contribution in [0.2, 0.25) is 0 Å². The van der Waals surface area contributed by atoms with Gasteiger partial charge in [0.05, 0.1) is 10.4 Å². The quantitative estimate of drug-likeness (QED) is 0.742. The first kappa shape index (κ1) is 15.5. The first-order chi connectivity index (χ1) is 11.0. The second kappa shape index (κ2) is 6.37. The van der Waals surface area contributed by atoms with Crippen molar-refractivity contribution in [2.75, 3.05) is 5.32 Å². The number of alkyl halides is 3. The van der Waals surface area contributed by atoms with E-state index in [2.05, 4.69) is 15.3 Å². The maximum atomic E-state index is 12.5. The van der Waals surface area contributed by atoms with Gasteiger partial charge in [-0.15, -0.1) is 11.3 Å². The van der Waals surface area contributed by atoms with Crippen LogP contribution in [0, 0.1) is 0 Å². The molecule has 7 heteroatoms. The highest BCUT2D eigenvalue weighted by atomic mass is 32.1. The molecule has 0 atom stereocenters. The summed E-state index contributed by atoms with van der Waals surface area (Å²) >= 11 is 1.55. The number of halogens is 3. The van der Waals surface area contributed by atoms with Gasteiger partial charge in [0.2, 0.25) is 0 Å². The van der Waals surface area contributed by atoms with Crippen LogP contribution in [-0.2, 0) is 12.7 Å². The van der Waals surface area contributed by atoms with Gasteiger partial charge >= 0.3 is 6.18 Å². The highest BCUT2D eigenvalue weighted by molar-refractivity contribution is 7.13. The summed E-state index contributed by atoms with van der Waals surface area (Å²) in [6.45, 7) is 0.370. The van der Waals surface area contributed by atoms with E-state index in [-0.39, 0.29) is 0 Å². The monoisotopic (exact) mass is 335 g/mol. The molecule has 2 aromatic heterocycles. The Labute approximate surface area is 134 Å². The van der Waals surface area contributed by atoms with Crippen LogP contribution in [-0.4, -0.2) is 9.97 Å². The maximum absolute atomic E-state index is 12.5. The van der Waals surface area contributed by atoms with Crippen molar-refractivity contribution in [1.29, 1.82) is 0 Å². The fraction of sp³-hybridized carbons (Fsp3) is 0.125. The van der Waals surface area contributed by atoms with Crippen LogP contribution < -0.4 is 5.32 Å². The van der Waals surface area contributed by atoms with Crippen LogP contribution in [0.3, 0.4) is 0 Å². The SMILES string of the molecule is FC(F)(F)c1ccc(CNc2nccnc2-c2cccs2)cc1. The highest BCUT2D eigenvalue weighted by Crippen LogP contribution is 2.30. The number of anilines is 1. The van der Waals surface area contributed by atoms with Crippen molar-refractivity contribution in [3.8, 4) is 10.6 Å². The second-order valence-electron chi connectivity index (χ2n) is 4.78. The molecular formula is C16H12F3N3S. The van der Waals surface area contributed by atoms with Gasteiger partial charge in [0.1, 0.15) is 5.69 Å². The first-order valence-electron chi connectivity index (χ1n) is 6.79. The minimum Gasteiger partial charge on any atom is -0.364 e. The molecule has 3 aromatic rings. The van der Waals surface area contributed by atoms with E-state index in [0.29, 0.717) is 12.4 Å². The topological polar surface area (TPSA) is 37.8 Å². The molecule has 1 aromatic carbocycles.